The van der Waals surface area contributed by atoms with Crippen LogP contribution >= 0.6 is 23.2 Å². The van der Waals surface area contributed by atoms with Crippen molar-refractivity contribution in [3.8, 4) is 0 Å². The predicted octanol–water partition coefficient (Wildman–Crippen LogP) is 0.544. The van der Waals surface area contributed by atoms with Gasteiger partial charge in [0.15, 0.2) is 0 Å². The Labute approximate surface area is 58.7 Å². The minimum absolute atomic E-state index is 0.384. The molecule has 0 aromatic rings. The summed E-state index contributed by atoms with van der Waals surface area (Å²) in [5, 5.41) is -0.499. The van der Waals surface area contributed by atoms with E-state index in [1.54, 1.807) is 0 Å². The highest BCUT2D eigenvalue weighted by Crippen LogP contribution is 2.48. The van der Waals surface area contributed by atoms with Crippen LogP contribution in [0.3, 0.4) is 0 Å². The Morgan fingerprint density at radius 1 is 1.50 bits per heavy atom. The maximum atomic E-state index is 10.0. The maximum absolute atomic E-state index is 10.0. The highest BCUT2D eigenvalue weighted by Gasteiger charge is 2.54. The predicted molar refractivity (Wildman–Crippen MR) is 33.2 cm³/mol. The van der Waals surface area contributed by atoms with Crippen molar-refractivity contribution in [3.63, 3.8) is 0 Å². The van der Waals surface area contributed by atoms with Gasteiger partial charge in [-0.1, -0.05) is 0 Å². The molecule has 0 aliphatic heterocycles. The lowest BCUT2D eigenvalue weighted by atomic mass is 10.9. The van der Waals surface area contributed by atoms with Gasteiger partial charge in [-0.25, -0.2) is 8.42 Å². The van der Waals surface area contributed by atoms with Gasteiger partial charge < -0.3 is 0 Å². The van der Waals surface area contributed by atoms with Crippen LogP contribution < -0.4 is 0 Å². The van der Waals surface area contributed by atoms with Crippen molar-refractivity contribution >= 4 is 33.9 Å². The van der Waals surface area contributed by atoms with Crippen molar-refractivity contribution in [2.45, 2.75) is 16.0 Å². The number of halogens is 2. The van der Waals surface area contributed by atoms with Gasteiger partial charge in [-0.05, 0) is 0 Å². The third-order valence-corrected chi connectivity index (χ3v) is 3.32. The highest BCUT2D eigenvalue weighted by molar-refractivity contribution is 7.73. The van der Waals surface area contributed by atoms with E-state index in [1.165, 1.54) is 0 Å². The standard InChI is InChI=1S/C3H4Cl2O2S/c4-3(5)1-2(3)8(6)7/h2,8H,1H2. The summed E-state index contributed by atoms with van der Waals surface area (Å²) in [6.07, 6.45) is 0.384. The van der Waals surface area contributed by atoms with E-state index >= 15 is 0 Å². The number of thiol groups is 1. The number of alkyl halides is 2. The molecule has 1 aliphatic rings. The first-order valence-corrected chi connectivity index (χ1v) is 4.05. The van der Waals surface area contributed by atoms with Crippen LogP contribution in [0, 0.1) is 0 Å². The molecule has 1 saturated carbocycles. The van der Waals surface area contributed by atoms with Crippen LogP contribution in [-0.2, 0) is 10.7 Å². The van der Waals surface area contributed by atoms with Gasteiger partial charge in [0, 0.05) is 6.42 Å². The quantitative estimate of drug-likeness (QED) is 0.466. The van der Waals surface area contributed by atoms with E-state index in [0.717, 1.165) is 0 Å². The Balaban J connectivity index is 2.61. The second-order valence-corrected chi connectivity index (χ2v) is 4.50. The molecule has 0 aromatic carbocycles. The van der Waals surface area contributed by atoms with Crippen LogP contribution in [0.5, 0.6) is 0 Å². The zero-order chi connectivity index (χ0) is 6.36. The molecule has 8 heavy (non-hydrogen) atoms. The molecular weight excluding hydrogens is 171 g/mol. The second-order valence-electron chi connectivity index (χ2n) is 1.77. The monoisotopic (exact) mass is 174 g/mol. The summed E-state index contributed by atoms with van der Waals surface area (Å²) in [6, 6.07) is 0. The van der Waals surface area contributed by atoms with Crippen molar-refractivity contribution in [3.05, 3.63) is 0 Å². The van der Waals surface area contributed by atoms with E-state index in [-0.39, 0.29) is 0 Å². The highest BCUT2D eigenvalue weighted by atomic mass is 35.5. The minimum atomic E-state index is -2.40. The lowest BCUT2D eigenvalue weighted by Gasteiger charge is -1.85. The lowest BCUT2D eigenvalue weighted by molar-refractivity contribution is 0.613. The van der Waals surface area contributed by atoms with E-state index in [1.807, 2.05) is 0 Å². The van der Waals surface area contributed by atoms with Crippen LogP contribution in [0.4, 0.5) is 0 Å². The van der Waals surface area contributed by atoms with Gasteiger partial charge >= 0.3 is 0 Å². The zero-order valence-electron chi connectivity index (χ0n) is 3.80. The summed E-state index contributed by atoms with van der Waals surface area (Å²) in [7, 11) is -2.40. The van der Waals surface area contributed by atoms with Gasteiger partial charge in [0.05, 0.1) is 5.25 Å². The third kappa shape index (κ3) is 1.09. The molecule has 5 heteroatoms. The fourth-order valence-electron chi connectivity index (χ4n) is 0.428. The largest absolute Gasteiger partial charge is 0.231 e. The Morgan fingerprint density at radius 2 is 1.88 bits per heavy atom. The molecule has 1 unspecified atom stereocenters. The van der Waals surface area contributed by atoms with Crippen molar-refractivity contribution in [1.82, 2.24) is 0 Å². The molecule has 0 bridgehead atoms. The first kappa shape index (κ1) is 6.65. The molecule has 0 amide bonds. The average molecular weight is 175 g/mol. The topological polar surface area (TPSA) is 34.1 Å². The van der Waals surface area contributed by atoms with Gasteiger partial charge in [0.1, 0.15) is 15.0 Å². The van der Waals surface area contributed by atoms with Gasteiger partial charge in [-0.2, -0.15) is 0 Å². The van der Waals surface area contributed by atoms with E-state index in [4.69, 9.17) is 23.2 Å². The van der Waals surface area contributed by atoms with Crippen molar-refractivity contribution in [1.29, 1.82) is 0 Å². The molecule has 0 saturated heterocycles. The van der Waals surface area contributed by atoms with Crippen LogP contribution in [0.15, 0.2) is 0 Å². The molecule has 0 N–H and O–H groups in total. The van der Waals surface area contributed by atoms with Crippen LogP contribution in [0.2, 0.25) is 0 Å². The SMILES string of the molecule is O=[SH](=O)C1CC1(Cl)Cl. The van der Waals surface area contributed by atoms with Crippen LogP contribution in [0.25, 0.3) is 0 Å². The molecule has 1 rings (SSSR count). The molecule has 2 nitrogen and oxygen atoms in total. The zero-order valence-corrected chi connectivity index (χ0v) is 6.21. The summed E-state index contributed by atoms with van der Waals surface area (Å²) < 4.78 is 19.1. The van der Waals surface area contributed by atoms with Gasteiger partial charge in [-0.15, -0.1) is 23.2 Å². The van der Waals surface area contributed by atoms with Gasteiger partial charge in [-0.3, -0.25) is 0 Å². The maximum Gasteiger partial charge on any atom is 0.146 e. The fourth-order valence-corrected chi connectivity index (χ4v) is 2.17. The molecule has 0 radical (unpaired) electrons. The van der Waals surface area contributed by atoms with Gasteiger partial charge in [0.2, 0.25) is 0 Å². The fraction of sp³-hybridized carbons (Fsp3) is 1.00. The van der Waals surface area contributed by atoms with Crippen LogP contribution in [0.1, 0.15) is 6.42 Å². The van der Waals surface area contributed by atoms with E-state index < -0.39 is 20.3 Å². The minimum Gasteiger partial charge on any atom is -0.231 e. The molecular formula is C3H4Cl2O2S. The summed E-state index contributed by atoms with van der Waals surface area (Å²) >= 11 is 10.8. The third-order valence-electron chi connectivity index (χ3n) is 1.05. The Kier molecular flexibility index (Phi) is 1.46. The molecule has 1 aliphatic carbocycles. The van der Waals surface area contributed by atoms with Crippen molar-refractivity contribution < 1.29 is 8.42 Å². The molecule has 0 aromatic heterocycles. The molecule has 0 spiro atoms. The van der Waals surface area contributed by atoms with E-state index in [2.05, 4.69) is 0 Å². The van der Waals surface area contributed by atoms with Gasteiger partial charge in [0.25, 0.3) is 0 Å². The lowest BCUT2D eigenvalue weighted by Crippen LogP contribution is -1.96. The summed E-state index contributed by atoms with van der Waals surface area (Å²) in [6.45, 7) is 0. The summed E-state index contributed by atoms with van der Waals surface area (Å²) in [5.74, 6) is 0. The normalized spacial score (nSPS) is 33.1. The summed E-state index contributed by atoms with van der Waals surface area (Å²) in [5.41, 5.74) is 0. The molecule has 1 atom stereocenters. The number of rotatable bonds is 1. The molecule has 0 heterocycles. The smallest absolute Gasteiger partial charge is 0.146 e. The van der Waals surface area contributed by atoms with Crippen molar-refractivity contribution in [2.24, 2.45) is 0 Å². The first-order valence-electron chi connectivity index (χ1n) is 2.05. The second kappa shape index (κ2) is 1.75. The number of hydrogen-bond acceptors (Lipinski definition) is 2. The molecule has 48 valence electrons. The number of hydrogen-bond donors (Lipinski definition) is 1. The van der Waals surface area contributed by atoms with Crippen LogP contribution in [-0.4, -0.2) is 18.0 Å². The Morgan fingerprint density at radius 3 is 1.88 bits per heavy atom. The summed E-state index contributed by atoms with van der Waals surface area (Å²) in [4.78, 5) is 0. The van der Waals surface area contributed by atoms with E-state index in [9.17, 15) is 8.42 Å². The Hall–Kier alpha value is 0.530. The average Bonchev–Trinajstić information content (AvgIpc) is 2.13. The van der Waals surface area contributed by atoms with Crippen molar-refractivity contribution in [2.75, 3.05) is 0 Å². The Bertz CT molecular complexity index is 166. The van der Waals surface area contributed by atoms with E-state index in [0.29, 0.717) is 6.42 Å². The first-order chi connectivity index (χ1) is 3.54. The molecule has 1 fully saturated rings.